The van der Waals surface area contributed by atoms with E-state index in [1.807, 2.05) is 36.8 Å². The summed E-state index contributed by atoms with van der Waals surface area (Å²) in [5.41, 5.74) is 9.33. The summed E-state index contributed by atoms with van der Waals surface area (Å²) in [5, 5.41) is 7.02. The second-order valence-corrected chi connectivity index (χ2v) is 10.2. The summed E-state index contributed by atoms with van der Waals surface area (Å²) in [5.74, 6) is 0.883. The Balaban J connectivity index is 1.26. The number of hydrogen-bond donors (Lipinski definition) is 1. The Morgan fingerprint density at radius 1 is 0.634 bits per heavy atom. The minimum Gasteiger partial charge on any atom is -0.387 e. The maximum atomic E-state index is 5.05. The van der Waals surface area contributed by atoms with Gasteiger partial charge in [-0.25, -0.2) is 9.97 Å². The molecule has 4 aromatic heterocycles. The quantitative estimate of drug-likeness (QED) is 0.252. The third-order valence-electron chi connectivity index (χ3n) is 7.77. The number of fused-ring (bicyclic) bond motifs is 4. The van der Waals surface area contributed by atoms with Crippen LogP contribution in [-0.2, 0) is 6.54 Å². The van der Waals surface area contributed by atoms with E-state index < -0.39 is 0 Å². The number of nitrogens with zero attached hydrogens (tertiary/aromatic N) is 4. The van der Waals surface area contributed by atoms with Crippen molar-refractivity contribution in [1.82, 2.24) is 24.8 Å². The molecule has 41 heavy (non-hydrogen) atoms. The van der Waals surface area contributed by atoms with Gasteiger partial charge >= 0.3 is 0 Å². The third-order valence-corrected chi connectivity index (χ3v) is 7.77. The summed E-state index contributed by atoms with van der Waals surface area (Å²) >= 11 is 0. The first-order chi connectivity index (χ1) is 20.3. The molecule has 0 fully saturated rings. The highest BCUT2D eigenvalue weighted by Crippen LogP contribution is 2.34. The molecule has 5 heterocycles. The third kappa shape index (κ3) is 4.07. The van der Waals surface area contributed by atoms with Crippen LogP contribution in [0.3, 0.4) is 0 Å². The van der Waals surface area contributed by atoms with Crippen LogP contribution >= 0.6 is 0 Å². The molecule has 0 aliphatic carbocycles. The summed E-state index contributed by atoms with van der Waals surface area (Å²) in [6, 6.07) is 37.9. The maximum Gasteiger partial charge on any atom is 0.137 e. The van der Waals surface area contributed by atoms with Gasteiger partial charge < -0.3 is 5.32 Å². The normalized spacial score (nSPS) is 12.4. The van der Waals surface area contributed by atoms with E-state index in [1.54, 1.807) is 0 Å². The van der Waals surface area contributed by atoms with Gasteiger partial charge in [-0.1, -0.05) is 60.7 Å². The Bertz CT molecular complexity index is 2090. The smallest absolute Gasteiger partial charge is 0.137 e. The van der Waals surface area contributed by atoms with Crippen LogP contribution in [0.5, 0.6) is 0 Å². The van der Waals surface area contributed by atoms with Crippen LogP contribution in [0.4, 0.5) is 0 Å². The van der Waals surface area contributed by atoms with Gasteiger partial charge in [0.1, 0.15) is 5.82 Å². The maximum absolute atomic E-state index is 5.05. The highest BCUT2D eigenvalue weighted by atomic mass is 15.1. The lowest BCUT2D eigenvalue weighted by Gasteiger charge is -2.13. The Labute approximate surface area is 237 Å². The summed E-state index contributed by atoms with van der Waals surface area (Å²) in [4.78, 5) is 14.6. The van der Waals surface area contributed by atoms with Crippen molar-refractivity contribution in [2.24, 2.45) is 0 Å². The number of para-hydroxylation sites is 1. The Morgan fingerprint density at radius 3 is 2.34 bits per heavy atom. The van der Waals surface area contributed by atoms with E-state index in [9.17, 15) is 0 Å². The average Bonchev–Trinajstić information content (AvgIpc) is 3.39. The summed E-state index contributed by atoms with van der Waals surface area (Å²) in [6.45, 7) is 0.805. The second kappa shape index (κ2) is 9.57. The van der Waals surface area contributed by atoms with Gasteiger partial charge in [-0.3, -0.25) is 9.55 Å². The first-order valence-corrected chi connectivity index (χ1v) is 13.7. The van der Waals surface area contributed by atoms with Crippen LogP contribution in [0.25, 0.3) is 67.3 Å². The predicted molar refractivity (Wildman–Crippen MR) is 166 cm³/mol. The number of aromatic nitrogens is 4. The molecule has 0 radical (unpaired) electrons. The van der Waals surface area contributed by atoms with Crippen LogP contribution in [-0.4, -0.2) is 19.5 Å². The largest absolute Gasteiger partial charge is 0.387 e. The Kier molecular flexibility index (Phi) is 5.45. The molecule has 0 spiro atoms. The van der Waals surface area contributed by atoms with E-state index in [-0.39, 0.29) is 0 Å². The molecule has 194 valence electrons. The highest BCUT2D eigenvalue weighted by Gasteiger charge is 2.19. The van der Waals surface area contributed by atoms with Crippen LogP contribution < -0.4 is 5.32 Å². The minimum absolute atomic E-state index is 0.805. The van der Waals surface area contributed by atoms with E-state index in [0.717, 1.165) is 51.7 Å². The molecular formula is C36H25N5. The van der Waals surface area contributed by atoms with Gasteiger partial charge in [0.25, 0.3) is 0 Å². The van der Waals surface area contributed by atoms with Crippen molar-refractivity contribution in [3.8, 4) is 39.6 Å². The fourth-order valence-electron chi connectivity index (χ4n) is 5.76. The van der Waals surface area contributed by atoms with Crippen molar-refractivity contribution in [2.45, 2.75) is 6.54 Å². The molecule has 0 atom stereocenters. The number of hydrogen-bond acceptors (Lipinski definition) is 4. The first kappa shape index (κ1) is 23.3. The number of rotatable bonds is 4. The lowest BCUT2D eigenvalue weighted by molar-refractivity contribution is 0.852. The molecular weight excluding hydrogens is 502 g/mol. The van der Waals surface area contributed by atoms with E-state index in [0.29, 0.717) is 0 Å². The molecule has 8 rings (SSSR count). The molecule has 3 aromatic carbocycles. The van der Waals surface area contributed by atoms with Crippen molar-refractivity contribution in [3.63, 3.8) is 0 Å². The van der Waals surface area contributed by atoms with E-state index in [1.165, 1.54) is 27.4 Å². The molecule has 1 N–H and O–H groups in total. The van der Waals surface area contributed by atoms with Crippen LogP contribution in [0.15, 0.2) is 128 Å². The van der Waals surface area contributed by atoms with Crippen molar-refractivity contribution in [2.75, 3.05) is 0 Å². The average molecular weight is 528 g/mol. The monoisotopic (exact) mass is 527 g/mol. The molecule has 0 saturated heterocycles. The zero-order valence-corrected chi connectivity index (χ0v) is 22.2. The molecule has 0 unspecified atom stereocenters. The summed E-state index contributed by atoms with van der Waals surface area (Å²) < 4.78 is 2.24. The molecule has 1 aliphatic heterocycles. The zero-order chi connectivity index (χ0) is 27.2. The van der Waals surface area contributed by atoms with Gasteiger partial charge in [0.05, 0.1) is 28.3 Å². The lowest BCUT2D eigenvalue weighted by Crippen LogP contribution is -2.11. The number of nitrogens with one attached hydrogen (secondary N) is 1. The molecule has 7 aromatic rings. The minimum atomic E-state index is 0.805. The van der Waals surface area contributed by atoms with Gasteiger partial charge in [0, 0.05) is 35.5 Å². The molecule has 5 heteroatoms. The topological polar surface area (TPSA) is 55.6 Å². The van der Waals surface area contributed by atoms with Crippen LogP contribution in [0.2, 0.25) is 0 Å². The van der Waals surface area contributed by atoms with Crippen LogP contribution in [0.1, 0.15) is 11.3 Å². The van der Waals surface area contributed by atoms with Gasteiger partial charge in [0.2, 0.25) is 0 Å². The van der Waals surface area contributed by atoms with Gasteiger partial charge in [0.15, 0.2) is 0 Å². The Morgan fingerprint density at radius 2 is 1.46 bits per heavy atom. The summed E-state index contributed by atoms with van der Waals surface area (Å²) in [7, 11) is 0. The van der Waals surface area contributed by atoms with E-state index in [2.05, 4.69) is 112 Å². The molecule has 1 aliphatic rings. The number of pyridine rings is 3. The van der Waals surface area contributed by atoms with Crippen molar-refractivity contribution in [1.29, 1.82) is 0 Å². The van der Waals surface area contributed by atoms with Crippen molar-refractivity contribution >= 4 is 27.8 Å². The van der Waals surface area contributed by atoms with E-state index >= 15 is 0 Å². The molecule has 0 saturated carbocycles. The zero-order valence-electron chi connectivity index (χ0n) is 22.2. The van der Waals surface area contributed by atoms with Crippen molar-refractivity contribution < 1.29 is 0 Å². The number of benzene rings is 3. The fraction of sp³-hybridized carbons (Fsp3) is 0.0278. The molecule has 0 bridgehead atoms. The second-order valence-electron chi connectivity index (χ2n) is 10.2. The Hall–Kier alpha value is -5.55. The van der Waals surface area contributed by atoms with E-state index in [4.69, 9.17) is 9.97 Å². The first-order valence-electron chi connectivity index (χ1n) is 13.7. The standard InChI is InChI=1S/C36H25N5/c1-2-8-25-19-26(13-12-24(25)7-1)28-20-32(40-33(21-28)31-10-5-6-17-38-31)27-14-15-36(39-22-27)41-34-11-4-3-9-29(34)30-23-37-18-16-35(30)41/h1-22,37H,23H2. The lowest BCUT2D eigenvalue weighted by atomic mass is 9.99. The summed E-state index contributed by atoms with van der Waals surface area (Å²) in [6.07, 6.45) is 7.87. The van der Waals surface area contributed by atoms with Gasteiger partial charge in [-0.2, -0.15) is 0 Å². The molecule has 5 nitrogen and oxygen atoms in total. The predicted octanol–water partition coefficient (Wildman–Crippen LogP) is 8.04. The van der Waals surface area contributed by atoms with Gasteiger partial charge in [-0.15, -0.1) is 0 Å². The van der Waals surface area contributed by atoms with Crippen molar-refractivity contribution in [3.05, 3.63) is 139 Å². The van der Waals surface area contributed by atoms with Gasteiger partial charge in [-0.05, 0) is 82.7 Å². The highest BCUT2D eigenvalue weighted by molar-refractivity contribution is 5.91. The SMILES string of the molecule is C1=Cc2c(c3ccccc3n2-c2ccc(-c3cc(-c4ccc5ccccc5c4)cc(-c4ccccn4)n3)cn2)CN1. The fourth-order valence-corrected chi connectivity index (χ4v) is 5.76. The molecule has 0 amide bonds. The van der Waals surface area contributed by atoms with Crippen LogP contribution in [0, 0.1) is 0 Å².